The molecule has 0 aromatic heterocycles. The van der Waals surface area contributed by atoms with Gasteiger partial charge in [0.2, 0.25) is 0 Å². The molecule has 0 unspecified atom stereocenters. The molecule has 0 N–H and O–H groups in total. The molecule has 0 atom stereocenters. The van der Waals surface area contributed by atoms with E-state index in [4.69, 9.17) is 4.74 Å². The number of hydrogen-bond acceptors (Lipinski definition) is 2. The molecule has 0 saturated carbocycles. The van der Waals surface area contributed by atoms with Crippen molar-refractivity contribution in [2.45, 2.75) is 18.8 Å². The SMILES string of the molecule is O=C(CCC(c1ccccc1)c1ccccc1)Oc1ccccc1.[PbH2]. The molecule has 0 heterocycles. The number of ether oxygens (including phenoxy) is 1. The normalized spacial score (nSPS) is 10.1. The van der Waals surface area contributed by atoms with E-state index < -0.39 is 0 Å². The van der Waals surface area contributed by atoms with E-state index in [-0.39, 0.29) is 39.2 Å². The van der Waals surface area contributed by atoms with Gasteiger partial charge in [-0.2, -0.15) is 0 Å². The zero-order valence-corrected chi connectivity index (χ0v) is 19.7. The van der Waals surface area contributed by atoms with Crippen molar-refractivity contribution in [2.75, 3.05) is 0 Å². The molecule has 2 radical (unpaired) electrons. The van der Waals surface area contributed by atoms with Crippen LogP contribution in [0.5, 0.6) is 5.75 Å². The molecule has 0 aliphatic heterocycles. The number of rotatable bonds is 6. The van der Waals surface area contributed by atoms with Gasteiger partial charge in [0.1, 0.15) is 5.75 Å². The van der Waals surface area contributed by atoms with E-state index in [2.05, 4.69) is 24.3 Å². The second-order valence-corrected chi connectivity index (χ2v) is 5.70. The van der Waals surface area contributed by atoms with E-state index in [0.29, 0.717) is 12.2 Å². The standard InChI is InChI=1S/C22H20O2.Pb.2H/c23-22(24-20-14-8-3-9-15-20)17-16-21(18-10-4-1-5-11-18)19-12-6-2-7-13-19;;;/h1-15,21H,16-17H2;;;. The number of esters is 1. The minimum absolute atomic E-state index is 0. The first kappa shape index (κ1) is 19.4. The Morgan fingerprint density at radius 1 is 0.720 bits per heavy atom. The molecule has 0 aliphatic carbocycles. The molecular formula is C22H22O2Pb. The Bertz CT molecular complexity index is 718. The third-order valence-corrected chi connectivity index (χ3v) is 4.02. The second-order valence-electron chi connectivity index (χ2n) is 5.70. The summed E-state index contributed by atoms with van der Waals surface area (Å²) in [4.78, 5) is 12.2. The van der Waals surface area contributed by atoms with Gasteiger partial charge < -0.3 is 4.74 Å². The van der Waals surface area contributed by atoms with Crippen LogP contribution in [0.25, 0.3) is 0 Å². The first-order valence-electron chi connectivity index (χ1n) is 8.18. The van der Waals surface area contributed by atoms with Gasteiger partial charge >= 0.3 is 33.3 Å². The number of benzene rings is 3. The van der Waals surface area contributed by atoms with E-state index >= 15 is 0 Å². The molecule has 0 aliphatic rings. The van der Waals surface area contributed by atoms with Crippen LogP contribution in [0.1, 0.15) is 29.9 Å². The van der Waals surface area contributed by atoms with Crippen molar-refractivity contribution in [2.24, 2.45) is 0 Å². The Labute approximate surface area is 169 Å². The van der Waals surface area contributed by atoms with Crippen LogP contribution in [0.15, 0.2) is 91.0 Å². The van der Waals surface area contributed by atoms with Gasteiger partial charge in [0.05, 0.1) is 0 Å². The van der Waals surface area contributed by atoms with Crippen LogP contribution in [0.4, 0.5) is 0 Å². The molecule has 126 valence electrons. The molecule has 3 aromatic carbocycles. The van der Waals surface area contributed by atoms with E-state index in [1.165, 1.54) is 11.1 Å². The fraction of sp³-hybridized carbons (Fsp3) is 0.136. The zero-order chi connectivity index (χ0) is 16.6. The summed E-state index contributed by atoms with van der Waals surface area (Å²) in [6.07, 6.45) is 1.10. The molecule has 25 heavy (non-hydrogen) atoms. The minimum atomic E-state index is -0.196. The van der Waals surface area contributed by atoms with Crippen molar-refractivity contribution < 1.29 is 9.53 Å². The van der Waals surface area contributed by atoms with Gasteiger partial charge in [-0.05, 0) is 29.7 Å². The van der Waals surface area contributed by atoms with Crippen molar-refractivity contribution in [3.8, 4) is 5.75 Å². The van der Waals surface area contributed by atoms with Crippen molar-refractivity contribution in [1.82, 2.24) is 0 Å². The van der Waals surface area contributed by atoms with E-state index in [0.717, 1.165) is 6.42 Å². The summed E-state index contributed by atoms with van der Waals surface area (Å²) >= 11 is 0. The van der Waals surface area contributed by atoms with Crippen molar-refractivity contribution in [3.63, 3.8) is 0 Å². The molecule has 3 heteroatoms. The molecule has 3 aromatic rings. The van der Waals surface area contributed by atoms with Gasteiger partial charge in [0, 0.05) is 12.3 Å². The van der Waals surface area contributed by atoms with Crippen LogP contribution < -0.4 is 4.74 Å². The monoisotopic (exact) mass is 526 g/mol. The van der Waals surface area contributed by atoms with E-state index in [1.54, 1.807) is 12.1 Å². The first-order chi connectivity index (χ1) is 11.8. The molecule has 0 bridgehead atoms. The summed E-state index contributed by atoms with van der Waals surface area (Å²) in [6.45, 7) is 0. The van der Waals surface area contributed by atoms with Gasteiger partial charge in [-0.3, -0.25) is 4.79 Å². The molecule has 2 nitrogen and oxygen atoms in total. The van der Waals surface area contributed by atoms with Crippen LogP contribution >= 0.6 is 0 Å². The summed E-state index contributed by atoms with van der Waals surface area (Å²) in [5, 5.41) is 0. The molecular weight excluding hydrogens is 503 g/mol. The molecule has 3 rings (SSSR count). The van der Waals surface area contributed by atoms with Gasteiger partial charge in [0.25, 0.3) is 0 Å². The predicted molar refractivity (Wildman–Crippen MR) is 105 cm³/mol. The number of hydrogen-bond donors (Lipinski definition) is 0. The Hall–Kier alpha value is -1.95. The number of para-hydroxylation sites is 1. The van der Waals surface area contributed by atoms with Crippen LogP contribution in [0.3, 0.4) is 0 Å². The number of carbonyl (C=O) groups is 1. The maximum atomic E-state index is 12.2. The summed E-state index contributed by atoms with van der Waals surface area (Å²) in [6, 6.07) is 29.8. The van der Waals surface area contributed by atoms with Crippen LogP contribution in [0, 0.1) is 0 Å². The maximum absolute atomic E-state index is 12.2. The molecule has 0 amide bonds. The fourth-order valence-corrected chi connectivity index (χ4v) is 2.83. The molecule has 0 saturated heterocycles. The van der Waals surface area contributed by atoms with Gasteiger partial charge in [-0.25, -0.2) is 0 Å². The Morgan fingerprint density at radius 2 is 1.16 bits per heavy atom. The fourth-order valence-electron chi connectivity index (χ4n) is 2.83. The van der Waals surface area contributed by atoms with Gasteiger partial charge in [0.15, 0.2) is 0 Å². The Kier molecular flexibility index (Phi) is 7.86. The quantitative estimate of drug-likeness (QED) is 0.273. The van der Waals surface area contributed by atoms with Crippen LogP contribution in [-0.4, -0.2) is 33.3 Å². The van der Waals surface area contributed by atoms with E-state index in [9.17, 15) is 4.79 Å². The van der Waals surface area contributed by atoms with Gasteiger partial charge in [-0.1, -0.05) is 78.9 Å². The summed E-state index contributed by atoms with van der Waals surface area (Å²) in [7, 11) is 0. The average Bonchev–Trinajstić information content (AvgIpc) is 2.64. The van der Waals surface area contributed by atoms with Gasteiger partial charge in [-0.15, -0.1) is 0 Å². The topological polar surface area (TPSA) is 26.3 Å². The second kappa shape index (κ2) is 10.1. The Morgan fingerprint density at radius 3 is 1.64 bits per heavy atom. The third-order valence-electron chi connectivity index (χ3n) is 4.02. The number of carbonyl (C=O) groups excluding carboxylic acids is 1. The molecule has 0 fully saturated rings. The van der Waals surface area contributed by atoms with Crippen LogP contribution in [0.2, 0.25) is 0 Å². The third kappa shape index (κ3) is 5.81. The zero-order valence-electron chi connectivity index (χ0n) is 14.2. The average molecular weight is 526 g/mol. The summed E-state index contributed by atoms with van der Waals surface area (Å²) in [5.41, 5.74) is 2.44. The Balaban J connectivity index is 0.00000225. The van der Waals surface area contributed by atoms with Crippen LogP contribution in [-0.2, 0) is 4.79 Å². The molecule has 0 spiro atoms. The van der Waals surface area contributed by atoms with E-state index in [1.807, 2.05) is 54.6 Å². The van der Waals surface area contributed by atoms with Crippen molar-refractivity contribution >= 4 is 33.3 Å². The predicted octanol–water partition coefficient (Wildman–Crippen LogP) is 4.29. The van der Waals surface area contributed by atoms with Crippen molar-refractivity contribution in [3.05, 3.63) is 102 Å². The summed E-state index contributed by atoms with van der Waals surface area (Å²) < 4.78 is 5.40. The first-order valence-corrected chi connectivity index (χ1v) is 8.18. The van der Waals surface area contributed by atoms with Crippen molar-refractivity contribution in [1.29, 1.82) is 0 Å². The summed E-state index contributed by atoms with van der Waals surface area (Å²) in [5.74, 6) is 0.590.